The molecule has 2 aromatic heterocycles. The van der Waals surface area contributed by atoms with Crippen LogP contribution in [0.2, 0.25) is 0 Å². The zero-order chi connectivity index (χ0) is 13.5. The zero-order valence-corrected chi connectivity index (χ0v) is 11.3. The van der Waals surface area contributed by atoms with Crippen molar-refractivity contribution >= 4 is 11.0 Å². The van der Waals surface area contributed by atoms with E-state index in [0.29, 0.717) is 0 Å². The smallest absolute Gasteiger partial charge is 0.276 e. The first-order valence-corrected chi connectivity index (χ1v) is 7.29. The van der Waals surface area contributed by atoms with Crippen LogP contribution in [0.5, 0.6) is 0 Å². The van der Waals surface area contributed by atoms with Crippen LogP contribution >= 0.6 is 0 Å². The van der Waals surface area contributed by atoms with Crippen molar-refractivity contribution in [3.05, 3.63) is 52.0 Å². The van der Waals surface area contributed by atoms with Gasteiger partial charge < -0.3 is 0 Å². The summed E-state index contributed by atoms with van der Waals surface area (Å²) < 4.78 is 1.73. The SMILES string of the molecule is O=c1c2c3c(cnc2[nH]n1C1C=CC=CC1)CCCC3. The van der Waals surface area contributed by atoms with Crippen LogP contribution in [0.3, 0.4) is 0 Å². The van der Waals surface area contributed by atoms with Gasteiger partial charge in [-0.25, -0.2) is 9.67 Å². The van der Waals surface area contributed by atoms with Gasteiger partial charge in [0.05, 0.1) is 11.4 Å². The zero-order valence-electron chi connectivity index (χ0n) is 11.3. The summed E-state index contributed by atoms with van der Waals surface area (Å²) in [6.07, 6.45) is 15.4. The summed E-state index contributed by atoms with van der Waals surface area (Å²) >= 11 is 0. The van der Waals surface area contributed by atoms with Crippen LogP contribution in [0.15, 0.2) is 35.3 Å². The fraction of sp³-hybridized carbons (Fsp3) is 0.375. The Hall–Kier alpha value is -2.10. The first-order chi connectivity index (χ1) is 9.84. The molecule has 102 valence electrons. The van der Waals surface area contributed by atoms with E-state index in [1.165, 1.54) is 24.0 Å². The highest BCUT2D eigenvalue weighted by Gasteiger charge is 2.20. The molecule has 0 saturated heterocycles. The molecule has 2 heterocycles. The Balaban J connectivity index is 1.92. The summed E-state index contributed by atoms with van der Waals surface area (Å²) in [5.41, 5.74) is 3.29. The maximum Gasteiger partial charge on any atom is 0.276 e. The van der Waals surface area contributed by atoms with E-state index in [9.17, 15) is 4.79 Å². The van der Waals surface area contributed by atoms with Gasteiger partial charge in [0.25, 0.3) is 5.56 Å². The molecule has 4 rings (SSSR count). The van der Waals surface area contributed by atoms with Gasteiger partial charge in [-0.1, -0.05) is 24.3 Å². The third-order valence-corrected chi connectivity index (χ3v) is 4.35. The van der Waals surface area contributed by atoms with Gasteiger partial charge in [-0.05, 0) is 43.2 Å². The number of aromatic amines is 1. The lowest BCUT2D eigenvalue weighted by Gasteiger charge is -2.14. The van der Waals surface area contributed by atoms with Crippen LogP contribution in [-0.4, -0.2) is 14.8 Å². The second-order valence-electron chi connectivity index (χ2n) is 5.60. The molecule has 0 spiro atoms. The summed E-state index contributed by atoms with van der Waals surface area (Å²) in [5.74, 6) is 0. The van der Waals surface area contributed by atoms with Crippen molar-refractivity contribution in [2.24, 2.45) is 0 Å². The molecule has 1 N–H and O–H groups in total. The Labute approximate surface area is 116 Å². The van der Waals surface area contributed by atoms with Crippen molar-refractivity contribution in [1.82, 2.24) is 14.8 Å². The standard InChI is InChI=1S/C16H17N3O/c20-16-14-13-9-5-4-6-11(13)10-17-15(14)18-19(16)12-7-2-1-3-8-12/h1-3,7,10,12H,4-6,8-9H2,(H,17,18). The fourth-order valence-electron chi connectivity index (χ4n) is 3.30. The third kappa shape index (κ3) is 1.68. The Bertz CT molecular complexity index is 779. The van der Waals surface area contributed by atoms with Crippen LogP contribution in [-0.2, 0) is 12.8 Å². The van der Waals surface area contributed by atoms with Crippen LogP contribution in [0, 0.1) is 0 Å². The van der Waals surface area contributed by atoms with Gasteiger partial charge in [0.2, 0.25) is 0 Å². The average molecular weight is 267 g/mol. The van der Waals surface area contributed by atoms with Crippen LogP contribution < -0.4 is 5.56 Å². The number of rotatable bonds is 1. The molecule has 0 amide bonds. The Morgan fingerprint density at radius 1 is 1.25 bits per heavy atom. The molecule has 0 bridgehead atoms. The van der Waals surface area contributed by atoms with Gasteiger partial charge in [-0.15, -0.1) is 0 Å². The molecule has 4 heteroatoms. The number of hydrogen-bond acceptors (Lipinski definition) is 2. The number of H-pyrrole nitrogens is 1. The molecule has 0 aliphatic heterocycles. The van der Waals surface area contributed by atoms with E-state index in [-0.39, 0.29) is 11.6 Å². The van der Waals surface area contributed by atoms with Crippen LogP contribution in [0.25, 0.3) is 11.0 Å². The Morgan fingerprint density at radius 3 is 3.00 bits per heavy atom. The van der Waals surface area contributed by atoms with Crippen LogP contribution in [0.1, 0.15) is 36.4 Å². The molecule has 0 fully saturated rings. The van der Waals surface area contributed by atoms with Crippen molar-refractivity contribution in [2.45, 2.75) is 38.1 Å². The van der Waals surface area contributed by atoms with Gasteiger partial charge in [0, 0.05) is 6.20 Å². The largest absolute Gasteiger partial charge is 0.278 e. The first kappa shape index (κ1) is 11.7. The van der Waals surface area contributed by atoms with Crippen molar-refractivity contribution in [3.8, 4) is 0 Å². The number of aromatic nitrogens is 3. The van der Waals surface area contributed by atoms with E-state index in [1.807, 2.05) is 18.3 Å². The van der Waals surface area contributed by atoms with Crippen molar-refractivity contribution in [1.29, 1.82) is 0 Å². The second-order valence-corrected chi connectivity index (χ2v) is 5.60. The molecule has 0 saturated carbocycles. The van der Waals surface area contributed by atoms with E-state index in [1.54, 1.807) is 4.68 Å². The lowest BCUT2D eigenvalue weighted by molar-refractivity contribution is 0.529. The molecule has 2 aliphatic rings. The summed E-state index contributed by atoms with van der Waals surface area (Å²) in [5, 5.41) is 4.00. The maximum atomic E-state index is 12.7. The second kappa shape index (κ2) is 4.47. The van der Waals surface area contributed by atoms with Gasteiger partial charge in [0.15, 0.2) is 5.65 Å². The van der Waals surface area contributed by atoms with E-state index in [4.69, 9.17) is 0 Å². The molecular formula is C16H17N3O. The monoisotopic (exact) mass is 267 g/mol. The van der Waals surface area contributed by atoms with Gasteiger partial charge in [-0.2, -0.15) is 0 Å². The summed E-state index contributed by atoms with van der Waals surface area (Å²) in [4.78, 5) is 17.2. The van der Waals surface area contributed by atoms with E-state index < -0.39 is 0 Å². The van der Waals surface area contributed by atoms with Crippen molar-refractivity contribution in [2.75, 3.05) is 0 Å². The number of nitrogens with one attached hydrogen (secondary N) is 1. The normalized spacial score (nSPS) is 21.3. The fourth-order valence-corrected chi connectivity index (χ4v) is 3.30. The number of allylic oxidation sites excluding steroid dienone is 4. The predicted molar refractivity (Wildman–Crippen MR) is 78.9 cm³/mol. The highest BCUT2D eigenvalue weighted by Crippen LogP contribution is 2.26. The number of aryl methyl sites for hydroxylation is 2. The molecule has 2 aromatic rings. The van der Waals surface area contributed by atoms with Gasteiger partial charge in [-0.3, -0.25) is 9.89 Å². The lowest BCUT2D eigenvalue weighted by atomic mass is 9.91. The minimum atomic E-state index is 0.0798. The highest BCUT2D eigenvalue weighted by atomic mass is 16.1. The molecular weight excluding hydrogens is 250 g/mol. The highest BCUT2D eigenvalue weighted by molar-refractivity contribution is 5.79. The molecule has 0 radical (unpaired) electrons. The number of fused-ring (bicyclic) bond motifs is 3. The maximum absolute atomic E-state index is 12.7. The average Bonchev–Trinajstić information content (AvgIpc) is 2.86. The van der Waals surface area contributed by atoms with Crippen molar-refractivity contribution < 1.29 is 0 Å². The topological polar surface area (TPSA) is 50.7 Å². The molecule has 2 aliphatic carbocycles. The minimum Gasteiger partial charge on any atom is -0.278 e. The summed E-state index contributed by atoms with van der Waals surface area (Å²) in [6.45, 7) is 0. The molecule has 4 nitrogen and oxygen atoms in total. The number of nitrogens with zero attached hydrogens (tertiary/aromatic N) is 2. The predicted octanol–water partition coefficient (Wildman–Crippen LogP) is 2.66. The number of pyridine rings is 1. The number of hydrogen-bond donors (Lipinski definition) is 1. The molecule has 0 aromatic carbocycles. The quantitative estimate of drug-likeness (QED) is 0.863. The summed E-state index contributed by atoms with van der Waals surface area (Å²) in [6, 6.07) is 0.0842. The van der Waals surface area contributed by atoms with Crippen LogP contribution in [0.4, 0.5) is 0 Å². The minimum absolute atomic E-state index is 0.0798. The Kier molecular flexibility index (Phi) is 2.62. The molecule has 1 unspecified atom stereocenters. The van der Waals surface area contributed by atoms with Gasteiger partial charge >= 0.3 is 0 Å². The van der Waals surface area contributed by atoms with Gasteiger partial charge in [0.1, 0.15) is 0 Å². The third-order valence-electron chi connectivity index (χ3n) is 4.35. The summed E-state index contributed by atoms with van der Waals surface area (Å²) in [7, 11) is 0. The Morgan fingerprint density at radius 2 is 2.15 bits per heavy atom. The molecule has 1 atom stereocenters. The molecule has 20 heavy (non-hydrogen) atoms. The van der Waals surface area contributed by atoms with E-state index >= 15 is 0 Å². The first-order valence-electron chi connectivity index (χ1n) is 7.29. The lowest BCUT2D eigenvalue weighted by Crippen LogP contribution is -2.22. The van der Waals surface area contributed by atoms with E-state index in [2.05, 4.69) is 22.2 Å². The van der Waals surface area contributed by atoms with Crippen molar-refractivity contribution in [3.63, 3.8) is 0 Å². The van der Waals surface area contributed by atoms with E-state index in [0.717, 1.165) is 30.3 Å².